The van der Waals surface area contributed by atoms with E-state index in [0.717, 1.165) is 12.1 Å². The summed E-state index contributed by atoms with van der Waals surface area (Å²) in [6.07, 6.45) is 1.09. The number of nitrogens with one attached hydrogen (secondary N) is 1. The number of hydrogen-bond donors (Lipinski definition) is 3. The van der Waals surface area contributed by atoms with Crippen LogP contribution in [0.4, 0.5) is 14.5 Å². The number of fused-ring (bicyclic) bond motifs is 2. The molecule has 3 atom stereocenters. The molecule has 0 spiro atoms. The molecule has 2 fully saturated rings. The fraction of sp³-hybridized carbons (Fsp3) is 0.480. The Kier molecular flexibility index (Phi) is 7.73. The van der Waals surface area contributed by atoms with Crippen molar-refractivity contribution in [3.8, 4) is 0 Å². The second-order valence-corrected chi connectivity index (χ2v) is 12.3. The van der Waals surface area contributed by atoms with Crippen molar-refractivity contribution in [2.45, 2.75) is 54.5 Å². The Morgan fingerprint density at radius 3 is 2.44 bits per heavy atom. The monoisotopic (exact) mass is 543 g/mol. The van der Waals surface area contributed by atoms with E-state index in [4.69, 9.17) is 16.3 Å². The zero-order valence-corrected chi connectivity index (χ0v) is 21.2. The van der Waals surface area contributed by atoms with Crippen LogP contribution in [0.1, 0.15) is 43.0 Å². The first-order valence-corrected chi connectivity index (χ1v) is 13.6. The van der Waals surface area contributed by atoms with Gasteiger partial charge in [0.25, 0.3) is 5.91 Å². The van der Waals surface area contributed by atoms with Crippen LogP contribution in [0.5, 0.6) is 0 Å². The fourth-order valence-electron chi connectivity index (χ4n) is 5.31. The highest BCUT2D eigenvalue weighted by molar-refractivity contribution is 7.92. The SMILES string of the molecule is C[C@@H](O)COC[C@]1(O)C2CCC1C[C@@H](S(=O)(=O)c1cc(C(=O)Nc3ccc(F)c(F)c3)ccc1Cl)C2. The molecule has 196 valence electrons. The van der Waals surface area contributed by atoms with Gasteiger partial charge in [-0.2, -0.15) is 0 Å². The van der Waals surface area contributed by atoms with Crippen LogP contribution in [0.2, 0.25) is 5.02 Å². The summed E-state index contributed by atoms with van der Waals surface area (Å²) in [6.45, 7) is 1.69. The Morgan fingerprint density at radius 1 is 1.17 bits per heavy atom. The molecule has 0 aromatic heterocycles. The lowest BCUT2D eigenvalue weighted by molar-refractivity contribution is -0.121. The molecule has 2 aromatic carbocycles. The number of halogens is 3. The molecular weight excluding hydrogens is 516 g/mol. The molecule has 2 aromatic rings. The molecule has 3 N–H and O–H groups in total. The molecule has 36 heavy (non-hydrogen) atoms. The summed E-state index contributed by atoms with van der Waals surface area (Å²) >= 11 is 6.25. The zero-order chi connectivity index (χ0) is 26.3. The van der Waals surface area contributed by atoms with E-state index >= 15 is 0 Å². The van der Waals surface area contributed by atoms with E-state index in [-0.39, 0.29) is 59.1 Å². The van der Waals surface area contributed by atoms with Crippen LogP contribution >= 0.6 is 11.6 Å². The van der Waals surface area contributed by atoms with Crippen molar-refractivity contribution in [1.82, 2.24) is 0 Å². The highest BCUT2D eigenvalue weighted by Crippen LogP contribution is 2.52. The van der Waals surface area contributed by atoms with Crippen LogP contribution in [0.3, 0.4) is 0 Å². The number of benzene rings is 2. The lowest BCUT2D eigenvalue weighted by Crippen LogP contribution is -2.51. The molecule has 0 saturated heterocycles. The summed E-state index contributed by atoms with van der Waals surface area (Å²) in [5.74, 6) is -3.47. The van der Waals surface area contributed by atoms with Gasteiger partial charge in [-0.05, 0) is 74.8 Å². The van der Waals surface area contributed by atoms with Crippen molar-refractivity contribution in [2.75, 3.05) is 18.5 Å². The second kappa shape index (κ2) is 10.3. The van der Waals surface area contributed by atoms with Gasteiger partial charge in [0.15, 0.2) is 21.5 Å². The van der Waals surface area contributed by atoms with Gasteiger partial charge in [-0.1, -0.05) is 11.6 Å². The normalized spacial score (nSPS) is 26.6. The average Bonchev–Trinajstić information content (AvgIpc) is 2.98. The molecule has 2 aliphatic rings. The number of aliphatic hydroxyl groups is 2. The summed E-state index contributed by atoms with van der Waals surface area (Å²) in [7, 11) is -3.96. The number of aliphatic hydroxyl groups excluding tert-OH is 1. The first kappa shape index (κ1) is 26.9. The zero-order valence-electron chi connectivity index (χ0n) is 19.6. The van der Waals surface area contributed by atoms with Crippen LogP contribution in [0.15, 0.2) is 41.3 Å². The minimum Gasteiger partial charge on any atom is -0.391 e. The van der Waals surface area contributed by atoms with Gasteiger partial charge in [-0.3, -0.25) is 4.79 Å². The van der Waals surface area contributed by atoms with Crippen LogP contribution in [0.25, 0.3) is 0 Å². The van der Waals surface area contributed by atoms with Crippen molar-refractivity contribution in [1.29, 1.82) is 0 Å². The third-order valence-electron chi connectivity index (χ3n) is 7.18. The Morgan fingerprint density at radius 2 is 1.83 bits per heavy atom. The van der Waals surface area contributed by atoms with Crippen molar-refractivity contribution in [3.63, 3.8) is 0 Å². The van der Waals surface area contributed by atoms with Gasteiger partial charge in [-0.15, -0.1) is 0 Å². The maximum Gasteiger partial charge on any atom is 0.255 e. The average molecular weight is 544 g/mol. The third kappa shape index (κ3) is 5.28. The van der Waals surface area contributed by atoms with Crippen LogP contribution in [-0.4, -0.2) is 54.7 Å². The molecule has 0 radical (unpaired) electrons. The lowest BCUT2D eigenvalue weighted by Gasteiger charge is -2.42. The molecule has 2 aliphatic carbocycles. The van der Waals surface area contributed by atoms with Gasteiger partial charge in [-0.25, -0.2) is 17.2 Å². The summed E-state index contributed by atoms with van der Waals surface area (Å²) in [5, 5.41) is 22.3. The number of amides is 1. The highest BCUT2D eigenvalue weighted by atomic mass is 35.5. The number of rotatable bonds is 8. The van der Waals surface area contributed by atoms with Crippen LogP contribution in [-0.2, 0) is 14.6 Å². The lowest BCUT2D eigenvalue weighted by atomic mass is 9.75. The Hall–Kier alpha value is -2.11. The minimum atomic E-state index is -3.96. The van der Waals surface area contributed by atoms with E-state index in [1.165, 1.54) is 24.3 Å². The molecule has 0 aliphatic heterocycles. The molecule has 2 bridgehead atoms. The molecule has 0 heterocycles. The van der Waals surface area contributed by atoms with Gasteiger partial charge in [0, 0.05) is 17.3 Å². The van der Waals surface area contributed by atoms with Crippen molar-refractivity contribution >= 4 is 33.0 Å². The predicted octanol–water partition coefficient (Wildman–Crippen LogP) is 3.96. The van der Waals surface area contributed by atoms with Gasteiger partial charge in [0.05, 0.1) is 40.1 Å². The second-order valence-electron chi connectivity index (χ2n) is 9.69. The molecule has 2 unspecified atom stereocenters. The number of carbonyl (C=O) groups is 1. The van der Waals surface area contributed by atoms with Crippen molar-refractivity contribution < 1.29 is 36.9 Å². The first-order valence-electron chi connectivity index (χ1n) is 11.7. The van der Waals surface area contributed by atoms with E-state index in [2.05, 4.69) is 5.32 Å². The van der Waals surface area contributed by atoms with Gasteiger partial charge in [0.1, 0.15) is 0 Å². The van der Waals surface area contributed by atoms with Gasteiger partial charge < -0.3 is 20.3 Å². The van der Waals surface area contributed by atoms with E-state index in [1.807, 2.05) is 0 Å². The third-order valence-corrected chi connectivity index (χ3v) is 9.84. The standard InChI is InChI=1S/C25H28ClF2NO6S/c1-14(30)12-35-13-25(32)16-3-4-17(25)10-19(9-16)36(33,34)23-8-15(2-6-20(23)26)24(31)29-18-5-7-21(27)22(28)11-18/h2,5-8,11,14,16-17,19,30,32H,3-4,9-10,12-13H2,1H3,(H,29,31)/t14-,16?,17?,19-,25-/m1/s1. The van der Waals surface area contributed by atoms with E-state index in [9.17, 15) is 32.2 Å². The minimum absolute atomic E-state index is 0.00971. The highest BCUT2D eigenvalue weighted by Gasteiger charge is 2.55. The summed E-state index contributed by atoms with van der Waals surface area (Å²) in [4.78, 5) is 12.5. The number of ether oxygens (including phenoxy) is 1. The quantitative estimate of drug-likeness (QED) is 0.464. The molecule has 4 rings (SSSR count). The van der Waals surface area contributed by atoms with Crippen LogP contribution < -0.4 is 5.32 Å². The molecule has 1 amide bonds. The smallest absolute Gasteiger partial charge is 0.255 e. The summed E-state index contributed by atoms with van der Waals surface area (Å²) in [6, 6.07) is 6.72. The summed E-state index contributed by atoms with van der Waals surface area (Å²) in [5.41, 5.74) is -1.15. The number of anilines is 1. The molecule has 2 saturated carbocycles. The maximum absolute atomic E-state index is 13.6. The Bertz CT molecular complexity index is 1240. The molecule has 11 heteroatoms. The largest absolute Gasteiger partial charge is 0.391 e. The van der Waals surface area contributed by atoms with Crippen molar-refractivity contribution in [3.05, 3.63) is 58.6 Å². The molecular formula is C25H28ClF2NO6S. The topological polar surface area (TPSA) is 113 Å². The summed E-state index contributed by atoms with van der Waals surface area (Å²) < 4.78 is 59.3. The maximum atomic E-state index is 13.6. The van der Waals surface area contributed by atoms with E-state index in [0.29, 0.717) is 12.8 Å². The molecule has 7 nitrogen and oxygen atoms in total. The van der Waals surface area contributed by atoms with Crippen molar-refractivity contribution in [2.24, 2.45) is 11.8 Å². The Labute approximate surface area is 213 Å². The predicted molar refractivity (Wildman–Crippen MR) is 130 cm³/mol. The Balaban J connectivity index is 1.53. The number of hydrogen-bond acceptors (Lipinski definition) is 6. The fourth-order valence-corrected chi connectivity index (χ4v) is 7.71. The van der Waals surface area contributed by atoms with Gasteiger partial charge in [0.2, 0.25) is 0 Å². The first-order chi connectivity index (χ1) is 16.9. The number of sulfone groups is 1. The van der Waals surface area contributed by atoms with E-state index < -0.39 is 44.3 Å². The van der Waals surface area contributed by atoms with Gasteiger partial charge >= 0.3 is 0 Å². The van der Waals surface area contributed by atoms with Crippen LogP contribution in [0, 0.1) is 23.5 Å². The van der Waals surface area contributed by atoms with E-state index in [1.54, 1.807) is 6.92 Å². The number of carbonyl (C=O) groups excluding carboxylic acids is 1.